The third-order valence-corrected chi connectivity index (χ3v) is 4.47. The number of ether oxygens (including phenoxy) is 1. The van der Waals surface area contributed by atoms with Crippen LogP contribution in [0.1, 0.15) is 31.7 Å². The molecule has 0 aromatic heterocycles. The normalized spacial score (nSPS) is 23.0. The lowest BCUT2D eigenvalue weighted by Crippen LogP contribution is -2.47. The average Bonchev–Trinajstić information content (AvgIpc) is 2.49. The Kier molecular flexibility index (Phi) is 4.73. The summed E-state index contributed by atoms with van der Waals surface area (Å²) >= 11 is 0. The smallest absolute Gasteiger partial charge is 0.310 e. The second-order valence-electron chi connectivity index (χ2n) is 5.75. The van der Waals surface area contributed by atoms with Gasteiger partial charge >= 0.3 is 5.97 Å². The van der Waals surface area contributed by atoms with Gasteiger partial charge in [-0.1, -0.05) is 13.0 Å². The Balaban J connectivity index is 2.11. The van der Waals surface area contributed by atoms with E-state index in [1.54, 1.807) is 13.2 Å². The number of carbonyl (C=O) groups is 1. The van der Waals surface area contributed by atoms with Gasteiger partial charge in [-0.25, -0.2) is 0 Å². The van der Waals surface area contributed by atoms with Gasteiger partial charge in [-0.05, 0) is 31.9 Å². The number of aliphatic carboxylic acids is 1. The molecule has 1 heterocycles. The molecule has 5 heteroatoms. The molecule has 0 bridgehead atoms. The van der Waals surface area contributed by atoms with E-state index in [1.165, 1.54) is 0 Å². The van der Waals surface area contributed by atoms with Gasteiger partial charge in [0.15, 0.2) is 0 Å². The zero-order chi connectivity index (χ0) is 15.5. The van der Waals surface area contributed by atoms with E-state index in [0.717, 1.165) is 24.9 Å². The number of likely N-dealkylation sites (tertiary alicyclic amines) is 1. The Morgan fingerprint density at radius 2 is 2.24 bits per heavy atom. The van der Waals surface area contributed by atoms with E-state index in [1.807, 2.05) is 19.1 Å². The highest BCUT2D eigenvalue weighted by atomic mass is 16.5. The molecule has 2 rings (SSSR count). The first-order valence-electron chi connectivity index (χ1n) is 7.32. The van der Waals surface area contributed by atoms with Crippen LogP contribution in [0, 0.1) is 5.41 Å². The Bertz CT molecular complexity index is 517. The van der Waals surface area contributed by atoms with E-state index >= 15 is 0 Å². The number of methoxy groups -OCH3 is 1. The summed E-state index contributed by atoms with van der Waals surface area (Å²) in [4.78, 5) is 13.7. The molecule has 1 aliphatic rings. The van der Waals surface area contributed by atoms with E-state index in [0.29, 0.717) is 25.3 Å². The van der Waals surface area contributed by atoms with Crippen LogP contribution >= 0.6 is 0 Å². The predicted molar refractivity (Wildman–Crippen MR) is 79.5 cm³/mol. The molecular weight excluding hydrogens is 270 g/mol. The van der Waals surface area contributed by atoms with Crippen molar-refractivity contribution in [3.63, 3.8) is 0 Å². The molecule has 1 fully saturated rings. The summed E-state index contributed by atoms with van der Waals surface area (Å²) in [6.07, 6.45) is 2.23. The van der Waals surface area contributed by atoms with E-state index in [9.17, 15) is 15.0 Å². The van der Waals surface area contributed by atoms with Crippen molar-refractivity contribution in [3.8, 4) is 11.5 Å². The molecule has 1 aliphatic heterocycles. The standard InChI is InChI=1S/C16H23NO4/c1-3-16(15(19)20)7-4-8-17(11-16)10-12-5-6-13(21-2)9-14(12)18/h5-6,9,18H,3-4,7-8,10-11H2,1-2H3,(H,19,20). The number of piperidine rings is 1. The summed E-state index contributed by atoms with van der Waals surface area (Å²) in [7, 11) is 1.56. The van der Waals surface area contributed by atoms with Gasteiger partial charge in [0.05, 0.1) is 12.5 Å². The first-order valence-corrected chi connectivity index (χ1v) is 7.32. The molecule has 0 spiro atoms. The Labute approximate surface area is 125 Å². The lowest BCUT2D eigenvalue weighted by Gasteiger charge is -2.39. The van der Waals surface area contributed by atoms with Crippen LogP contribution in [0.3, 0.4) is 0 Å². The van der Waals surface area contributed by atoms with Crippen LogP contribution in [0.25, 0.3) is 0 Å². The number of carboxylic acids is 1. The Morgan fingerprint density at radius 3 is 2.81 bits per heavy atom. The van der Waals surface area contributed by atoms with Crippen molar-refractivity contribution in [1.82, 2.24) is 4.90 Å². The van der Waals surface area contributed by atoms with Crippen LogP contribution in [0.15, 0.2) is 18.2 Å². The fourth-order valence-corrected chi connectivity index (χ4v) is 3.02. The number of phenols is 1. The number of nitrogens with zero attached hydrogens (tertiary/aromatic N) is 1. The molecule has 21 heavy (non-hydrogen) atoms. The lowest BCUT2D eigenvalue weighted by molar-refractivity contribution is -0.153. The van der Waals surface area contributed by atoms with Crippen molar-refractivity contribution in [2.24, 2.45) is 5.41 Å². The lowest BCUT2D eigenvalue weighted by atomic mass is 9.77. The van der Waals surface area contributed by atoms with Gasteiger partial charge < -0.3 is 14.9 Å². The first kappa shape index (κ1) is 15.6. The minimum Gasteiger partial charge on any atom is -0.507 e. The van der Waals surface area contributed by atoms with Crippen LogP contribution in [0.5, 0.6) is 11.5 Å². The molecule has 0 radical (unpaired) electrons. The summed E-state index contributed by atoms with van der Waals surface area (Å²) in [5.74, 6) is 0.0920. The van der Waals surface area contributed by atoms with Gasteiger partial charge in [-0.15, -0.1) is 0 Å². The summed E-state index contributed by atoms with van der Waals surface area (Å²) in [6.45, 7) is 3.89. The number of phenolic OH excluding ortho intramolecular Hbond substituents is 1. The highest BCUT2D eigenvalue weighted by Gasteiger charge is 2.40. The van der Waals surface area contributed by atoms with Crippen LogP contribution in [-0.2, 0) is 11.3 Å². The molecule has 0 aliphatic carbocycles. The van der Waals surface area contributed by atoms with E-state index < -0.39 is 11.4 Å². The van der Waals surface area contributed by atoms with Crippen LogP contribution in [0.4, 0.5) is 0 Å². The summed E-state index contributed by atoms with van der Waals surface area (Å²) < 4.78 is 5.07. The average molecular weight is 293 g/mol. The molecule has 5 nitrogen and oxygen atoms in total. The fourth-order valence-electron chi connectivity index (χ4n) is 3.02. The van der Waals surface area contributed by atoms with Crippen molar-refractivity contribution in [2.45, 2.75) is 32.7 Å². The van der Waals surface area contributed by atoms with Gasteiger partial charge in [0.1, 0.15) is 11.5 Å². The second-order valence-corrected chi connectivity index (χ2v) is 5.75. The van der Waals surface area contributed by atoms with Crippen LogP contribution in [0.2, 0.25) is 0 Å². The second kappa shape index (κ2) is 6.35. The number of benzene rings is 1. The number of hydrogen-bond acceptors (Lipinski definition) is 4. The maximum absolute atomic E-state index is 11.6. The topological polar surface area (TPSA) is 70.0 Å². The van der Waals surface area contributed by atoms with Crippen molar-refractivity contribution in [2.75, 3.05) is 20.2 Å². The Hall–Kier alpha value is -1.75. The van der Waals surface area contributed by atoms with E-state index in [2.05, 4.69) is 4.90 Å². The van der Waals surface area contributed by atoms with Gasteiger partial charge in [-0.2, -0.15) is 0 Å². The van der Waals surface area contributed by atoms with Gasteiger partial charge in [0.2, 0.25) is 0 Å². The summed E-state index contributed by atoms with van der Waals surface area (Å²) in [5.41, 5.74) is 0.147. The number of hydrogen-bond donors (Lipinski definition) is 2. The van der Waals surface area contributed by atoms with Crippen molar-refractivity contribution < 1.29 is 19.7 Å². The monoisotopic (exact) mass is 293 g/mol. The van der Waals surface area contributed by atoms with E-state index in [-0.39, 0.29) is 5.75 Å². The fraction of sp³-hybridized carbons (Fsp3) is 0.562. The maximum atomic E-state index is 11.6. The largest absolute Gasteiger partial charge is 0.507 e. The minimum absolute atomic E-state index is 0.192. The highest BCUT2D eigenvalue weighted by Crippen LogP contribution is 2.35. The maximum Gasteiger partial charge on any atom is 0.310 e. The molecule has 1 unspecified atom stereocenters. The molecule has 2 N–H and O–H groups in total. The van der Waals surface area contributed by atoms with Crippen LogP contribution in [-0.4, -0.2) is 41.3 Å². The van der Waals surface area contributed by atoms with E-state index in [4.69, 9.17) is 4.74 Å². The quantitative estimate of drug-likeness (QED) is 0.873. The minimum atomic E-state index is -0.714. The van der Waals surface area contributed by atoms with Crippen LogP contribution < -0.4 is 4.74 Å². The van der Waals surface area contributed by atoms with Crippen molar-refractivity contribution >= 4 is 5.97 Å². The molecule has 116 valence electrons. The van der Waals surface area contributed by atoms with Crippen molar-refractivity contribution in [1.29, 1.82) is 0 Å². The zero-order valence-corrected chi connectivity index (χ0v) is 12.6. The molecule has 1 aromatic carbocycles. The van der Waals surface area contributed by atoms with Gasteiger partial charge in [-0.3, -0.25) is 9.69 Å². The SMILES string of the molecule is CCC1(C(=O)O)CCCN(Cc2ccc(OC)cc2O)C1. The molecule has 0 saturated carbocycles. The molecule has 0 amide bonds. The number of aromatic hydroxyl groups is 1. The first-order chi connectivity index (χ1) is 10.0. The molecular formula is C16H23NO4. The number of rotatable bonds is 5. The summed E-state index contributed by atoms with van der Waals surface area (Å²) in [5, 5.41) is 19.5. The van der Waals surface area contributed by atoms with Gasteiger partial charge in [0.25, 0.3) is 0 Å². The van der Waals surface area contributed by atoms with Gasteiger partial charge in [0, 0.05) is 24.7 Å². The third kappa shape index (κ3) is 3.29. The molecule has 1 saturated heterocycles. The van der Waals surface area contributed by atoms with Crippen molar-refractivity contribution in [3.05, 3.63) is 23.8 Å². The third-order valence-electron chi connectivity index (χ3n) is 4.47. The molecule has 1 atom stereocenters. The zero-order valence-electron chi connectivity index (χ0n) is 12.6. The molecule has 1 aromatic rings. The predicted octanol–water partition coefficient (Wildman–Crippen LogP) is 2.48. The number of carboxylic acid groups (broad SMARTS) is 1. The Morgan fingerprint density at radius 1 is 1.48 bits per heavy atom. The summed E-state index contributed by atoms with van der Waals surface area (Å²) in [6, 6.07) is 5.23. The highest BCUT2D eigenvalue weighted by molar-refractivity contribution is 5.75.